The van der Waals surface area contributed by atoms with Gasteiger partial charge in [0.2, 0.25) is 0 Å². The summed E-state index contributed by atoms with van der Waals surface area (Å²) < 4.78 is 0. The molecule has 0 aliphatic carbocycles. The molecule has 6 heteroatoms. The molecule has 18 heavy (non-hydrogen) atoms. The Morgan fingerprint density at radius 2 is 2.11 bits per heavy atom. The smallest absolute Gasteiger partial charge is 0.257 e. The predicted octanol–water partition coefficient (Wildman–Crippen LogP) is 2.27. The van der Waals surface area contributed by atoms with Crippen LogP contribution in [0, 0.1) is 6.92 Å². The maximum Gasteiger partial charge on any atom is 0.257 e. The van der Waals surface area contributed by atoms with Gasteiger partial charge in [-0.2, -0.15) is 0 Å². The average molecular weight is 263 g/mol. The van der Waals surface area contributed by atoms with Crippen LogP contribution >= 0.6 is 11.6 Å². The van der Waals surface area contributed by atoms with Crippen LogP contribution in [-0.2, 0) is 0 Å². The third-order valence-corrected chi connectivity index (χ3v) is 2.49. The summed E-state index contributed by atoms with van der Waals surface area (Å²) in [6.07, 6.45) is 4.61. The van der Waals surface area contributed by atoms with Gasteiger partial charge in [-0.05, 0) is 24.6 Å². The maximum absolute atomic E-state index is 12.0. The Kier molecular flexibility index (Phi) is 3.43. The Morgan fingerprint density at radius 1 is 1.33 bits per heavy atom. The summed E-state index contributed by atoms with van der Waals surface area (Å²) in [5.74, 6) is -0.343. The van der Waals surface area contributed by atoms with Crippen molar-refractivity contribution in [3.8, 4) is 0 Å². The lowest BCUT2D eigenvalue weighted by molar-refractivity contribution is 0.102. The monoisotopic (exact) mass is 262 g/mol. The molecule has 92 valence electrons. The lowest BCUT2D eigenvalue weighted by atomic mass is 10.2. The fourth-order valence-corrected chi connectivity index (χ4v) is 1.62. The van der Waals surface area contributed by atoms with Crippen LogP contribution in [-0.4, -0.2) is 15.9 Å². The number of aromatic nitrogens is 2. The van der Waals surface area contributed by atoms with Crippen molar-refractivity contribution < 1.29 is 4.79 Å². The molecule has 1 amide bonds. The van der Waals surface area contributed by atoms with E-state index in [1.165, 1.54) is 12.3 Å². The summed E-state index contributed by atoms with van der Waals surface area (Å²) in [6.45, 7) is 1.89. The topological polar surface area (TPSA) is 80.9 Å². The predicted molar refractivity (Wildman–Crippen MR) is 70.6 cm³/mol. The van der Waals surface area contributed by atoms with Crippen molar-refractivity contribution in [2.45, 2.75) is 6.92 Å². The van der Waals surface area contributed by atoms with Gasteiger partial charge in [-0.3, -0.25) is 9.78 Å². The first-order valence-electron chi connectivity index (χ1n) is 5.20. The molecule has 2 aromatic rings. The van der Waals surface area contributed by atoms with Crippen molar-refractivity contribution in [1.82, 2.24) is 9.97 Å². The number of pyridine rings is 2. The molecule has 0 spiro atoms. The second kappa shape index (κ2) is 5.01. The van der Waals surface area contributed by atoms with E-state index in [1.54, 1.807) is 12.4 Å². The number of hydrogen-bond donors (Lipinski definition) is 2. The summed E-state index contributed by atoms with van der Waals surface area (Å²) in [5, 5.41) is 2.92. The molecule has 0 unspecified atom stereocenters. The van der Waals surface area contributed by atoms with Crippen LogP contribution in [0.1, 0.15) is 15.9 Å². The van der Waals surface area contributed by atoms with Crippen LogP contribution < -0.4 is 11.1 Å². The van der Waals surface area contributed by atoms with Gasteiger partial charge >= 0.3 is 0 Å². The SMILES string of the molecule is Cc1cncc(NC(=O)c2cc(Cl)ncc2N)c1. The van der Waals surface area contributed by atoms with E-state index >= 15 is 0 Å². The number of nitrogen functional groups attached to an aromatic ring is 1. The molecule has 0 saturated heterocycles. The molecule has 0 saturated carbocycles. The zero-order valence-corrected chi connectivity index (χ0v) is 10.4. The van der Waals surface area contributed by atoms with E-state index in [0.29, 0.717) is 5.69 Å². The summed E-state index contributed by atoms with van der Waals surface area (Å²) in [6, 6.07) is 3.24. The number of nitrogens with two attached hydrogens (primary N) is 1. The zero-order chi connectivity index (χ0) is 13.1. The van der Waals surface area contributed by atoms with Gasteiger partial charge < -0.3 is 11.1 Å². The van der Waals surface area contributed by atoms with E-state index in [1.807, 2.05) is 13.0 Å². The molecule has 0 bridgehead atoms. The van der Waals surface area contributed by atoms with Crippen LogP contribution in [0.25, 0.3) is 0 Å². The minimum atomic E-state index is -0.343. The van der Waals surface area contributed by atoms with Gasteiger partial charge in [0.05, 0.1) is 29.3 Å². The number of aryl methyl sites for hydroxylation is 1. The van der Waals surface area contributed by atoms with Crippen molar-refractivity contribution in [3.05, 3.63) is 47.0 Å². The molecule has 2 rings (SSSR count). The molecule has 2 heterocycles. The first-order chi connectivity index (χ1) is 8.56. The normalized spacial score (nSPS) is 10.1. The molecule has 0 aliphatic heterocycles. The van der Waals surface area contributed by atoms with Crippen molar-refractivity contribution in [2.75, 3.05) is 11.1 Å². The number of nitrogens with one attached hydrogen (secondary N) is 1. The van der Waals surface area contributed by atoms with Crippen LogP contribution in [0.4, 0.5) is 11.4 Å². The molecule has 5 nitrogen and oxygen atoms in total. The molecule has 3 N–H and O–H groups in total. The average Bonchev–Trinajstić information content (AvgIpc) is 2.32. The summed E-state index contributed by atoms with van der Waals surface area (Å²) in [7, 11) is 0. The lowest BCUT2D eigenvalue weighted by Crippen LogP contribution is -2.14. The van der Waals surface area contributed by atoms with Crippen molar-refractivity contribution in [2.24, 2.45) is 0 Å². The fraction of sp³-hybridized carbons (Fsp3) is 0.0833. The number of carbonyl (C=O) groups excluding carboxylic acids is 1. The minimum Gasteiger partial charge on any atom is -0.397 e. The van der Waals surface area contributed by atoms with Gasteiger partial charge in [-0.25, -0.2) is 4.98 Å². The zero-order valence-electron chi connectivity index (χ0n) is 9.64. The second-order valence-corrected chi connectivity index (χ2v) is 4.19. The molecule has 0 radical (unpaired) electrons. The standard InChI is InChI=1S/C12H11ClN4O/c1-7-2-8(5-15-4-7)17-12(18)9-3-11(13)16-6-10(9)14/h2-6H,14H2,1H3,(H,17,18). The lowest BCUT2D eigenvalue weighted by Gasteiger charge is -2.07. The molecular weight excluding hydrogens is 252 g/mol. The Morgan fingerprint density at radius 3 is 2.83 bits per heavy atom. The van der Waals surface area contributed by atoms with E-state index in [-0.39, 0.29) is 22.3 Å². The number of rotatable bonds is 2. The van der Waals surface area contributed by atoms with Crippen molar-refractivity contribution in [3.63, 3.8) is 0 Å². The number of anilines is 2. The fourth-order valence-electron chi connectivity index (χ4n) is 1.46. The first-order valence-corrected chi connectivity index (χ1v) is 5.58. The summed E-state index contributed by atoms with van der Waals surface area (Å²) >= 11 is 5.73. The summed E-state index contributed by atoms with van der Waals surface area (Å²) in [5.41, 5.74) is 7.80. The highest BCUT2D eigenvalue weighted by atomic mass is 35.5. The second-order valence-electron chi connectivity index (χ2n) is 3.80. The highest BCUT2D eigenvalue weighted by Crippen LogP contribution is 2.17. The van der Waals surface area contributed by atoms with E-state index in [9.17, 15) is 4.79 Å². The van der Waals surface area contributed by atoms with E-state index < -0.39 is 0 Å². The van der Waals surface area contributed by atoms with E-state index in [2.05, 4.69) is 15.3 Å². The Hall–Kier alpha value is -2.14. The van der Waals surface area contributed by atoms with E-state index in [4.69, 9.17) is 17.3 Å². The minimum absolute atomic E-state index is 0.219. The third kappa shape index (κ3) is 2.75. The Balaban J connectivity index is 2.24. The van der Waals surface area contributed by atoms with E-state index in [0.717, 1.165) is 5.56 Å². The quantitative estimate of drug-likeness (QED) is 0.814. The number of amides is 1. The number of nitrogens with zero attached hydrogens (tertiary/aromatic N) is 2. The van der Waals surface area contributed by atoms with Crippen LogP contribution in [0.15, 0.2) is 30.7 Å². The van der Waals surface area contributed by atoms with Gasteiger partial charge in [0.15, 0.2) is 0 Å². The Bertz CT molecular complexity index is 600. The Labute approximate surface area is 109 Å². The van der Waals surface area contributed by atoms with Gasteiger partial charge in [-0.15, -0.1) is 0 Å². The van der Waals surface area contributed by atoms with Gasteiger partial charge in [0.25, 0.3) is 5.91 Å². The third-order valence-electron chi connectivity index (χ3n) is 2.28. The van der Waals surface area contributed by atoms with Crippen molar-refractivity contribution in [1.29, 1.82) is 0 Å². The van der Waals surface area contributed by atoms with Crippen LogP contribution in [0.3, 0.4) is 0 Å². The molecule has 0 aliphatic rings. The van der Waals surface area contributed by atoms with Gasteiger partial charge in [0.1, 0.15) is 5.15 Å². The highest BCUT2D eigenvalue weighted by Gasteiger charge is 2.11. The molecule has 0 aromatic carbocycles. The largest absolute Gasteiger partial charge is 0.397 e. The molecule has 0 atom stereocenters. The molecular formula is C12H11ClN4O. The van der Waals surface area contributed by atoms with Gasteiger partial charge in [-0.1, -0.05) is 11.6 Å². The maximum atomic E-state index is 12.0. The van der Waals surface area contributed by atoms with Crippen LogP contribution in [0.2, 0.25) is 5.15 Å². The number of halogens is 1. The first kappa shape index (κ1) is 12.3. The van der Waals surface area contributed by atoms with Crippen LogP contribution in [0.5, 0.6) is 0 Å². The van der Waals surface area contributed by atoms with Gasteiger partial charge in [0, 0.05) is 6.20 Å². The number of hydrogen-bond acceptors (Lipinski definition) is 4. The molecule has 0 fully saturated rings. The molecule has 2 aromatic heterocycles. The van der Waals surface area contributed by atoms with Crippen molar-refractivity contribution >= 4 is 28.9 Å². The summed E-state index contributed by atoms with van der Waals surface area (Å²) in [4.78, 5) is 19.8. The highest BCUT2D eigenvalue weighted by molar-refractivity contribution is 6.30. The number of carbonyl (C=O) groups is 1.